The second-order valence-corrected chi connectivity index (χ2v) is 9.52. The summed E-state index contributed by atoms with van der Waals surface area (Å²) in [6.07, 6.45) is 0. The van der Waals surface area contributed by atoms with Crippen LogP contribution in [0.4, 0.5) is 4.39 Å². The molecule has 7 nitrogen and oxygen atoms in total. The van der Waals surface area contributed by atoms with Crippen LogP contribution in [0.3, 0.4) is 0 Å². The minimum Gasteiger partial charge on any atom is -0.371 e. The largest absolute Gasteiger partial charge is 0.384 e. The number of carbonyl (C=O) groups is 1. The predicted octanol–water partition coefficient (Wildman–Crippen LogP) is 2.36. The minimum atomic E-state index is -3.99. The molecule has 1 aliphatic heterocycles. The van der Waals surface area contributed by atoms with E-state index in [4.69, 9.17) is 16.4 Å². The number of nitrogens with one attached hydrogen (secondary N) is 1. The summed E-state index contributed by atoms with van der Waals surface area (Å²) in [5, 5.41) is 3.19. The van der Waals surface area contributed by atoms with Crippen LogP contribution in [0, 0.1) is 5.82 Å². The SMILES string of the molecule is CN1C(=O)C(c2cccc(OS(=O)(=O)N(C)C)c2)(c2ccc(F)c(Br)c2)NC1=S. The Hall–Kier alpha value is -2.08. The summed E-state index contributed by atoms with van der Waals surface area (Å²) < 4.78 is 44.2. The van der Waals surface area contributed by atoms with Crippen LogP contribution < -0.4 is 9.50 Å². The third kappa shape index (κ3) is 3.75. The third-order valence-electron chi connectivity index (χ3n) is 4.49. The van der Waals surface area contributed by atoms with Gasteiger partial charge in [-0.05, 0) is 63.5 Å². The van der Waals surface area contributed by atoms with Gasteiger partial charge in [-0.3, -0.25) is 9.69 Å². The molecule has 1 amide bonds. The van der Waals surface area contributed by atoms with Crippen molar-refractivity contribution in [1.82, 2.24) is 14.5 Å². The number of benzene rings is 2. The fourth-order valence-corrected chi connectivity index (χ4v) is 4.02. The fraction of sp³-hybridized carbons (Fsp3) is 0.222. The van der Waals surface area contributed by atoms with Crippen molar-refractivity contribution >= 4 is 49.5 Å². The Morgan fingerprint density at radius 2 is 1.86 bits per heavy atom. The van der Waals surface area contributed by atoms with Crippen molar-refractivity contribution in [2.75, 3.05) is 21.1 Å². The van der Waals surface area contributed by atoms with Crippen LogP contribution in [-0.2, 0) is 20.6 Å². The van der Waals surface area contributed by atoms with Crippen molar-refractivity contribution < 1.29 is 21.8 Å². The third-order valence-corrected chi connectivity index (χ3v) is 6.77. The van der Waals surface area contributed by atoms with Crippen LogP contribution in [0.1, 0.15) is 11.1 Å². The lowest BCUT2D eigenvalue weighted by atomic mass is 9.82. The summed E-state index contributed by atoms with van der Waals surface area (Å²) in [6, 6.07) is 10.3. The molecule has 154 valence electrons. The van der Waals surface area contributed by atoms with Crippen LogP contribution in [0.2, 0.25) is 0 Å². The molecule has 1 saturated heterocycles. The highest BCUT2D eigenvalue weighted by molar-refractivity contribution is 9.10. The molecule has 29 heavy (non-hydrogen) atoms. The number of nitrogens with zero attached hydrogens (tertiary/aromatic N) is 2. The zero-order valence-electron chi connectivity index (χ0n) is 15.6. The molecule has 0 radical (unpaired) electrons. The number of rotatable bonds is 5. The van der Waals surface area contributed by atoms with Gasteiger partial charge >= 0.3 is 10.3 Å². The summed E-state index contributed by atoms with van der Waals surface area (Å²) in [6.45, 7) is 0. The summed E-state index contributed by atoms with van der Waals surface area (Å²) in [7, 11) is 0.213. The highest BCUT2D eigenvalue weighted by atomic mass is 79.9. The molecule has 2 aromatic carbocycles. The minimum absolute atomic E-state index is 0.0202. The van der Waals surface area contributed by atoms with E-state index in [1.165, 1.54) is 56.4 Å². The van der Waals surface area contributed by atoms with Crippen LogP contribution >= 0.6 is 28.1 Å². The van der Waals surface area contributed by atoms with Gasteiger partial charge < -0.3 is 9.50 Å². The van der Waals surface area contributed by atoms with E-state index in [2.05, 4.69) is 21.2 Å². The molecule has 2 aromatic rings. The van der Waals surface area contributed by atoms with E-state index in [-0.39, 0.29) is 15.3 Å². The lowest BCUT2D eigenvalue weighted by Crippen LogP contribution is -2.45. The molecule has 1 fully saturated rings. The monoisotopic (exact) mass is 501 g/mol. The van der Waals surface area contributed by atoms with Gasteiger partial charge in [0.1, 0.15) is 11.6 Å². The highest BCUT2D eigenvalue weighted by Crippen LogP contribution is 2.38. The maximum atomic E-state index is 13.8. The van der Waals surface area contributed by atoms with E-state index >= 15 is 0 Å². The number of halogens is 2. The lowest BCUT2D eigenvalue weighted by Gasteiger charge is -2.28. The number of hydrogen-bond donors (Lipinski definition) is 1. The Morgan fingerprint density at radius 3 is 2.41 bits per heavy atom. The molecule has 1 unspecified atom stereocenters. The standard InChI is InChI=1S/C18H17BrFN3O4S2/c1-22(2)29(25,26)27-13-6-4-5-11(9-13)18(16(24)23(3)17(28)21-18)12-7-8-15(20)14(19)10-12/h4-10H,1-3H3,(H,21,28). The molecule has 1 heterocycles. The fourth-order valence-electron chi connectivity index (χ4n) is 2.91. The molecular weight excluding hydrogens is 485 g/mol. The quantitative estimate of drug-likeness (QED) is 0.633. The van der Waals surface area contributed by atoms with E-state index < -0.39 is 27.6 Å². The van der Waals surface area contributed by atoms with Gasteiger partial charge in [-0.2, -0.15) is 12.7 Å². The van der Waals surface area contributed by atoms with E-state index in [0.717, 1.165) is 4.31 Å². The topological polar surface area (TPSA) is 79.0 Å². The van der Waals surface area contributed by atoms with E-state index in [9.17, 15) is 17.6 Å². The van der Waals surface area contributed by atoms with Crippen molar-refractivity contribution in [1.29, 1.82) is 0 Å². The van der Waals surface area contributed by atoms with Crippen molar-refractivity contribution in [3.63, 3.8) is 0 Å². The molecule has 0 bridgehead atoms. The van der Waals surface area contributed by atoms with Crippen LogP contribution in [-0.4, -0.2) is 49.8 Å². The number of carbonyl (C=O) groups excluding carboxylic acids is 1. The number of likely N-dealkylation sites (N-methyl/N-ethyl adjacent to an activating group) is 1. The highest BCUT2D eigenvalue weighted by Gasteiger charge is 2.51. The summed E-state index contributed by atoms with van der Waals surface area (Å²) >= 11 is 8.40. The van der Waals surface area contributed by atoms with Gasteiger partial charge in [0.15, 0.2) is 10.7 Å². The first-order valence-electron chi connectivity index (χ1n) is 8.27. The van der Waals surface area contributed by atoms with Crippen molar-refractivity contribution in [3.8, 4) is 5.75 Å². The average molecular weight is 502 g/mol. The van der Waals surface area contributed by atoms with Gasteiger partial charge in [0, 0.05) is 21.1 Å². The Balaban J connectivity index is 2.19. The molecule has 0 aliphatic carbocycles. The maximum Gasteiger partial charge on any atom is 0.384 e. The van der Waals surface area contributed by atoms with Gasteiger partial charge in [0.05, 0.1) is 4.47 Å². The predicted molar refractivity (Wildman–Crippen MR) is 113 cm³/mol. The second kappa shape index (κ2) is 7.63. The first kappa shape index (κ1) is 21.6. The van der Waals surface area contributed by atoms with Gasteiger partial charge in [-0.25, -0.2) is 4.39 Å². The first-order chi connectivity index (χ1) is 13.5. The lowest BCUT2D eigenvalue weighted by molar-refractivity contribution is -0.129. The smallest absolute Gasteiger partial charge is 0.371 e. The maximum absolute atomic E-state index is 13.8. The molecule has 3 rings (SSSR count). The van der Waals surface area contributed by atoms with Crippen LogP contribution in [0.25, 0.3) is 0 Å². The van der Waals surface area contributed by atoms with Gasteiger partial charge in [0.2, 0.25) is 0 Å². The Bertz CT molecular complexity index is 1110. The first-order valence-corrected chi connectivity index (χ1v) is 10.8. The Labute approximate surface area is 181 Å². The summed E-state index contributed by atoms with van der Waals surface area (Å²) in [5.74, 6) is -0.861. The molecule has 0 spiro atoms. The Kier molecular flexibility index (Phi) is 5.69. The molecule has 0 saturated carbocycles. The Morgan fingerprint density at radius 1 is 1.21 bits per heavy atom. The number of amides is 1. The molecule has 1 N–H and O–H groups in total. The zero-order chi connectivity index (χ0) is 21.6. The van der Waals surface area contributed by atoms with Crippen LogP contribution in [0.5, 0.6) is 5.75 Å². The molecule has 1 atom stereocenters. The number of thiocarbonyl (C=S) groups is 1. The number of hydrogen-bond acceptors (Lipinski definition) is 5. The van der Waals surface area contributed by atoms with E-state index in [1.807, 2.05) is 0 Å². The van der Waals surface area contributed by atoms with E-state index in [1.54, 1.807) is 12.1 Å². The van der Waals surface area contributed by atoms with Crippen molar-refractivity contribution in [3.05, 3.63) is 63.9 Å². The van der Waals surface area contributed by atoms with Gasteiger partial charge in [-0.1, -0.05) is 18.2 Å². The van der Waals surface area contributed by atoms with E-state index in [0.29, 0.717) is 11.1 Å². The summed E-state index contributed by atoms with van der Waals surface area (Å²) in [5.41, 5.74) is -0.655. The molecule has 11 heteroatoms. The summed E-state index contributed by atoms with van der Waals surface area (Å²) in [4.78, 5) is 14.5. The second-order valence-electron chi connectivity index (χ2n) is 6.52. The van der Waals surface area contributed by atoms with Gasteiger partial charge in [-0.15, -0.1) is 0 Å². The zero-order valence-corrected chi connectivity index (χ0v) is 18.9. The molecule has 1 aliphatic rings. The van der Waals surface area contributed by atoms with Crippen molar-refractivity contribution in [2.45, 2.75) is 5.54 Å². The normalized spacial score (nSPS) is 19.6. The van der Waals surface area contributed by atoms with Crippen molar-refractivity contribution in [2.24, 2.45) is 0 Å². The molecular formula is C18H17BrFN3O4S2. The van der Waals surface area contributed by atoms with Gasteiger partial charge in [0.25, 0.3) is 5.91 Å². The average Bonchev–Trinajstić information content (AvgIpc) is 2.89. The molecule has 0 aromatic heterocycles. The van der Waals surface area contributed by atoms with Crippen LogP contribution in [0.15, 0.2) is 46.9 Å².